The van der Waals surface area contributed by atoms with Gasteiger partial charge < -0.3 is 14.7 Å². The zero-order chi connectivity index (χ0) is 16.3. The molecule has 0 saturated carbocycles. The van der Waals surface area contributed by atoms with Crippen LogP contribution in [0.25, 0.3) is 0 Å². The second-order valence-electron chi connectivity index (χ2n) is 5.29. The van der Waals surface area contributed by atoms with Gasteiger partial charge in [0.2, 0.25) is 0 Å². The number of nitrogens with zero attached hydrogens (tertiary/aromatic N) is 1. The zero-order valence-corrected chi connectivity index (χ0v) is 12.6. The molecule has 1 aromatic rings. The number of amides is 1. The van der Waals surface area contributed by atoms with Gasteiger partial charge in [0, 0.05) is 12.1 Å². The summed E-state index contributed by atoms with van der Waals surface area (Å²) < 4.78 is 18.5. The summed E-state index contributed by atoms with van der Waals surface area (Å²) in [4.78, 5) is 24.5. The summed E-state index contributed by atoms with van der Waals surface area (Å²) in [6, 6.07) is 3.28. The van der Waals surface area contributed by atoms with Crippen LogP contribution in [0.2, 0.25) is 0 Å². The highest BCUT2D eigenvalue weighted by Crippen LogP contribution is 2.26. The number of halogens is 1. The van der Waals surface area contributed by atoms with E-state index in [1.807, 2.05) is 0 Å². The lowest BCUT2D eigenvalue weighted by molar-refractivity contribution is -0.139. The lowest BCUT2D eigenvalue weighted by atomic mass is 10.0. The molecule has 1 heterocycles. The molecular weight excluding hydrogens is 289 g/mol. The Morgan fingerprint density at radius 3 is 2.50 bits per heavy atom. The fourth-order valence-corrected chi connectivity index (χ4v) is 2.49. The molecule has 1 amide bonds. The Hall–Kier alpha value is -2.37. The van der Waals surface area contributed by atoms with E-state index in [0.29, 0.717) is 35.4 Å². The minimum Gasteiger partial charge on any atom is -0.481 e. The van der Waals surface area contributed by atoms with Gasteiger partial charge in [-0.25, -0.2) is 9.18 Å². The van der Waals surface area contributed by atoms with E-state index in [2.05, 4.69) is 0 Å². The predicted molar refractivity (Wildman–Crippen MR) is 78.8 cm³/mol. The van der Waals surface area contributed by atoms with Crippen LogP contribution >= 0.6 is 0 Å². The molecule has 0 fully saturated rings. The van der Waals surface area contributed by atoms with Crippen LogP contribution in [0.15, 0.2) is 24.0 Å². The maximum Gasteiger partial charge on any atom is 0.341 e. The van der Waals surface area contributed by atoms with Gasteiger partial charge in [-0.2, -0.15) is 0 Å². The molecule has 0 atom stereocenters. The van der Waals surface area contributed by atoms with Crippen molar-refractivity contribution in [3.8, 4) is 5.75 Å². The summed E-state index contributed by atoms with van der Waals surface area (Å²) in [5.41, 5.74) is 1.81. The highest BCUT2D eigenvalue weighted by atomic mass is 19.1. The molecule has 118 valence electrons. The summed E-state index contributed by atoms with van der Waals surface area (Å²) in [7, 11) is 0. The van der Waals surface area contributed by atoms with Crippen LogP contribution in [-0.4, -0.2) is 41.6 Å². The van der Waals surface area contributed by atoms with E-state index in [9.17, 15) is 14.0 Å². The number of carboxylic acid groups (broad SMARTS) is 1. The maximum atomic E-state index is 13.3. The number of carbonyl (C=O) groups is 2. The number of carboxylic acids is 1. The standard InChI is InChI=1S/C16H18FNO4/c1-10-6-12(7-11(2)15(10)22-9-14(19)20)16(21)18-5-3-4-13(17)8-18/h4,6-7H,3,5,8-9H2,1-2H3,(H,19,20). The molecule has 0 bridgehead atoms. The Morgan fingerprint density at radius 1 is 1.32 bits per heavy atom. The third-order valence-electron chi connectivity index (χ3n) is 3.44. The fraction of sp³-hybridized carbons (Fsp3) is 0.375. The third-order valence-corrected chi connectivity index (χ3v) is 3.44. The number of carbonyl (C=O) groups excluding carboxylic acids is 1. The van der Waals surface area contributed by atoms with E-state index in [1.165, 1.54) is 11.0 Å². The van der Waals surface area contributed by atoms with Gasteiger partial charge in [0.1, 0.15) is 11.6 Å². The number of benzene rings is 1. The molecule has 5 nitrogen and oxygen atoms in total. The van der Waals surface area contributed by atoms with Gasteiger partial charge in [0.05, 0.1) is 6.54 Å². The molecule has 1 aliphatic rings. The zero-order valence-electron chi connectivity index (χ0n) is 12.6. The summed E-state index contributed by atoms with van der Waals surface area (Å²) in [6.07, 6.45) is 2.00. The third kappa shape index (κ3) is 3.63. The minimum atomic E-state index is -1.06. The van der Waals surface area contributed by atoms with Crippen molar-refractivity contribution in [3.63, 3.8) is 0 Å². The monoisotopic (exact) mass is 307 g/mol. The molecule has 0 aromatic heterocycles. The molecule has 1 aliphatic heterocycles. The number of ether oxygens (including phenoxy) is 1. The SMILES string of the molecule is Cc1cc(C(=O)N2CCC=C(F)C2)cc(C)c1OCC(=O)O. The average Bonchev–Trinajstić information content (AvgIpc) is 2.45. The Bertz CT molecular complexity index is 616. The first-order valence-electron chi connectivity index (χ1n) is 6.98. The molecule has 2 rings (SSSR count). The van der Waals surface area contributed by atoms with Crippen LogP contribution in [0, 0.1) is 13.8 Å². The fourth-order valence-electron chi connectivity index (χ4n) is 2.49. The van der Waals surface area contributed by atoms with Crippen molar-refractivity contribution in [1.82, 2.24) is 4.90 Å². The molecule has 22 heavy (non-hydrogen) atoms. The minimum absolute atomic E-state index is 0.00576. The van der Waals surface area contributed by atoms with Crippen LogP contribution in [0.4, 0.5) is 4.39 Å². The van der Waals surface area contributed by atoms with Gasteiger partial charge in [-0.3, -0.25) is 4.79 Å². The van der Waals surface area contributed by atoms with Crippen LogP contribution in [-0.2, 0) is 4.79 Å². The number of rotatable bonds is 4. The molecule has 1 aromatic carbocycles. The van der Waals surface area contributed by atoms with Crippen LogP contribution < -0.4 is 4.74 Å². The van der Waals surface area contributed by atoms with Gasteiger partial charge in [-0.15, -0.1) is 0 Å². The lowest BCUT2D eigenvalue weighted by Crippen LogP contribution is -2.35. The van der Waals surface area contributed by atoms with Gasteiger partial charge in [0.15, 0.2) is 6.61 Å². The predicted octanol–water partition coefficient (Wildman–Crippen LogP) is 2.47. The van der Waals surface area contributed by atoms with E-state index < -0.39 is 12.6 Å². The van der Waals surface area contributed by atoms with Crippen molar-refractivity contribution in [1.29, 1.82) is 0 Å². The first-order chi connectivity index (χ1) is 10.4. The molecule has 0 saturated heterocycles. The number of hydrogen-bond acceptors (Lipinski definition) is 3. The second kappa shape index (κ2) is 6.60. The smallest absolute Gasteiger partial charge is 0.341 e. The van der Waals surface area contributed by atoms with Crippen LogP contribution in [0.5, 0.6) is 5.75 Å². The Balaban J connectivity index is 2.20. The number of aryl methyl sites for hydroxylation is 2. The molecule has 0 aliphatic carbocycles. The van der Waals surface area contributed by atoms with Gasteiger partial charge in [0.25, 0.3) is 5.91 Å². The quantitative estimate of drug-likeness (QED) is 0.928. The summed E-state index contributed by atoms with van der Waals surface area (Å²) in [6.45, 7) is 3.54. The summed E-state index contributed by atoms with van der Waals surface area (Å²) in [5, 5.41) is 8.67. The molecular formula is C16H18FNO4. The van der Waals surface area contributed by atoms with Crippen molar-refractivity contribution >= 4 is 11.9 Å². The largest absolute Gasteiger partial charge is 0.481 e. The van der Waals surface area contributed by atoms with Crippen molar-refractivity contribution in [3.05, 3.63) is 40.7 Å². The van der Waals surface area contributed by atoms with Gasteiger partial charge in [-0.05, 0) is 49.6 Å². The summed E-state index contributed by atoms with van der Waals surface area (Å²) >= 11 is 0. The molecule has 0 unspecified atom stereocenters. The highest BCUT2D eigenvalue weighted by molar-refractivity contribution is 5.95. The highest BCUT2D eigenvalue weighted by Gasteiger charge is 2.21. The van der Waals surface area contributed by atoms with Crippen molar-refractivity contribution < 1.29 is 23.8 Å². The molecule has 6 heteroatoms. The maximum absolute atomic E-state index is 13.3. The van der Waals surface area contributed by atoms with E-state index in [0.717, 1.165) is 0 Å². The lowest BCUT2D eigenvalue weighted by Gasteiger charge is -2.25. The van der Waals surface area contributed by atoms with E-state index in [-0.39, 0.29) is 18.3 Å². The number of aliphatic carboxylic acids is 1. The molecule has 1 N–H and O–H groups in total. The van der Waals surface area contributed by atoms with E-state index in [1.54, 1.807) is 26.0 Å². The van der Waals surface area contributed by atoms with Crippen LogP contribution in [0.1, 0.15) is 27.9 Å². The Labute approximate surface area is 128 Å². The van der Waals surface area contributed by atoms with E-state index in [4.69, 9.17) is 9.84 Å². The van der Waals surface area contributed by atoms with Gasteiger partial charge >= 0.3 is 5.97 Å². The van der Waals surface area contributed by atoms with Gasteiger partial charge in [-0.1, -0.05) is 0 Å². The normalized spacial score (nSPS) is 14.5. The Kier molecular flexibility index (Phi) is 4.80. The average molecular weight is 307 g/mol. The van der Waals surface area contributed by atoms with Crippen molar-refractivity contribution in [2.24, 2.45) is 0 Å². The van der Waals surface area contributed by atoms with E-state index >= 15 is 0 Å². The van der Waals surface area contributed by atoms with Crippen molar-refractivity contribution in [2.75, 3.05) is 19.7 Å². The summed E-state index contributed by atoms with van der Waals surface area (Å²) in [5.74, 6) is -1.13. The second-order valence-corrected chi connectivity index (χ2v) is 5.29. The number of hydrogen-bond donors (Lipinski definition) is 1. The van der Waals surface area contributed by atoms with Crippen molar-refractivity contribution in [2.45, 2.75) is 20.3 Å². The topological polar surface area (TPSA) is 66.8 Å². The Morgan fingerprint density at radius 2 is 1.95 bits per heavy atom. The van der Waals surface area contributed by atoms with Crippen LogP contribution in [0.3, 0.4) is 0 Å². The first kappa shape index (κ1) is 16.0. The molecule has 0 radical (unpaired) electrons. The first-order valence-corrected chi connectivity index (χ1v) is 6.98. The molecule has 0 spiro atoms.